The summed E-state index contributed by atoms with van der Waals surface area (Å²) in [5.41, 5.74) is 0. The lowest BCUT2D eigenvalue weighted by atomic mass is 10.2. The van der Waals surface area contributed by atoms with E-state index in [2.05, 4.69) is 10.2 Å². The highest BCUT2D eigenvalue weighted by Crippen LogP contribution is 2.18. The first kappa shape index (κ1) is 18.7. The van der Waals surface area contributed by atoms with Crippen molar-refractivity contribution in [3.63, 3.8) is 0 Å². The monoisotopic (exact) mass is 345 g/mol. The number of nitrogens with zero attached hydrogens (tertiary/aromatic N) is 2. The number of carbonyl (C=O) groups excluding carboxylic acids is 1. The SMILES string of the molecule is CCCCS(=O)(=O)N1CCN([C@@H](C)C(=O)NC2CCCC2)CC1. The van der Waals surface area contributed by atoms with E-state index in [4.69, 9.17) is 0 Å². The molecule has 0 radical (unpaired) electrons. The van der Waals surface area contributed by atoms with Crippen molar-refractivity contribution < 1.29 is 13.2 Å². The Kier molecular flexibility index (Phi) is 6.85. The number of unbranched alkanes of at least 4 members (excludes halogenated alkanes) is 1. The van der Waals surface area contributed by atoms with E-state index in [0.29, 0.717) is 38.6 Å². The van der Waals surface area contributed by atoms with Gasteiger partial charge in [-0.05, 0) is 26.2 Å². The van der Waals surface area contributed by atoms with Crippen LogP contribution in [0.5, 0.6) is 0 Å². The molecule has 7 heteroatoms. The highest BCUT2D eigenvalue weighted by molar-refractivity contribution is 7.89. The topological polar surface area (TPSA) is 69.7 Å². The second-order valence-corrected chi connectivity index (χ2v) is 8.86. The molecule has 0 aromatic carbocycles. The Morgan fingerprint density at radius 2 is 1.78 bits per heavy atom. The van der Waals surface area contributed by atoms with Crippen molar-refractivity contribution in [1.29, 1.82) is 0 Å². The summed E-state index contributed by atoms with van der Waals surface area (Å²) in [7, 11) is -3.13. The van der Waals surface area contributed by atoms with Gasteiger partial charge in [0, 0.05) is 32.2 Å². The Balaban J connectivity index is 1.79. The number of sulfonamides is 1. The van der Waals surface area contributed by atoms with Crippen LogP contribution in [0.3, 0.4) is 0 Å². The number of rotatable bonds is 7. The third-order valence-electron chi connectivity index (χ3n) is 5.05. The van der Waals surface area contributed by atoms with Crippen molar-refractivity contribution in [2.24, 2.45) is 0 Å². The molecule has 1 saturated heterocycles. The molecule has 0 bridgehead atoms. The van der Waals surface area contributed by atoms with E-state index in [1.807, 2.05) is 13.8 Å². The van der Waals surface area contributed by atoms with E-state index in [1.165, 1.54) is 12.8 Å². The number of hydrogen-bond acceptors (Lipinski definition) is 4. The van der Waals surface area contributed by atoms with Gasteiger partial charge in [-0.2, -0.15) is 4.31 Å². The van der Waals surface area contributed by atoms with Gasteiger partial charge in [0.25, 0.3) is 0 Å². The molecule has 1 aliphatic heterocycles. The molecule has 2 aliphatic rings. The summed E-state index contributed by atoms with van der Waals surface area (Å²) in [6.45, 7) is 6.17. The Labute approximate surface area is 140 Å². The minimum absolute atomic E-state index is 0.0826. The zero-order valence-electron chi connectivity index (χ0n) is 14.5. The van der Waals surface area contributed by atoms with Gasteiger partial charge in [0.05, 0.1) is 11.8 Å². The van der Waals surface area contributed by atoms with Crippen molar-refractivity contribution in [1.82, 2.24) is 14.5 Å². The molecule has 1 aliphatic carbocycles. The van der Waals surface area contributed by atoms with Crippen molar-refractivity contribution >= 4 is 15.9 Å². The molecule has 0 unspecified atom stereocenters. The minimum atomic E-state index is -3.13. The normalized spacial score (nSPS) is 23.0. The Hall–Kier alpha value is -0.660. The maximum absolute atomic E-state index is 12.3. The van der Waals surface area contributed by atoms with Crippen LogP contribution < -0.4 is 5.32 Å². The average molecular weight is 346 g/mol. The number of piperazine rings is 1. The van der Waals surface area contributed by atoms with Gasteiger partial charge in [0.2, 0.25) is 15.9 Å². The van der Waals surface area contributed by atoms with Crippen LogP contribution in [0.15, 0.2) is 0 Å². The summed E-state index contributed by atoms with van der Waals surface area (Å²) in [6, 6.07) is 0.150. The maximum atomic E-state index is 12.3. The molecule has 0 spiro atoms. The van der Waals surface area contributed by atoms with E-state index in [-0.39, 0.29) is 17.7 Å². The third kappa shape index (κ3) is 5.16. The van der Waals surface area contributed by atoms with Crippen LogP contribution in [0.1, 0.15) is 52.4 Å². The molecule has 0 aromatic heterocycles. The smallest absolute Gasteiger partial charge is 0.237 e. The van der Waals surface area contributed by atoms with Crippen LogP contribution in [-0.4, -0.2) is 67.5 Å². The summed E-state index contributed by atoms with van der Waals surface area (Å²) in [5.74, 6) is 0.320. The van der Waals surface area contributed by atoms with E-state index in [1.54, 1.807) is 4.31 Å². The highest BCUT2D eigenvalue weighted by atomic mass is 32.2. The summed E-state index contributed by atoms with van der Waals surface area (Å²) in [5, 5.41) is 3.13. The number of amides is 1. The van der Waals surface area contributed by atoms with Gasteiger partial charge in [-0.3, -0.25) is 9.69 Å². The highest BCUT2D eigenvalue weighted by Gasteiger charge is 2.31. The fourth-order valence-corrected chi connectivity index (χ4v) is 5.01. The van der Waals surface area contributed by atoms with Gasteiger partial charge in [-0.25, -0.2) is 8.42 Å². The molecule has 1 amide bonds. The lowest BCUT2D eigenvalue weighted by Crippen LogP contribution is -2.55. The van der Waals surface area contributed by atoms with Crippen molar-refractivity contribution in [3.8, 4) is 0 Å². The molecular formula is C16H31N3O3S. The first-order valence-electron chi connectivity index (χ1n) is 8.96. The molecule has 134 valence electrons. The van der Waals surface area contributed by atoms with Crippen molar-refractivity contribution in [2.45, 2.75) is 64.5 Å². The van der Waals surface area contributed by atoms with Crippen LogP contribution in [-0.2, 0) is 14.8 Å². The van der Waals surface area contributed by atoms with E-state index >= 15 is 0 Å². The summed E-state index contributed by atoms with van der Waals surface area (Å²) in [6.07, 6.45) is 6.17. The zero-order valence-corrected chi connectivity index (χ0v) is 15.3. The molecule has 2 rings (SSSR count). The van der Waals surface area contributed by atoms with E-state index < -0.39 is 10.0 Å². The Morgan fingerprint density at radius 3 is 2.35 bits per heavy atom. The zero-order chi connectivity index (χ0) is 16.9. The molecule has 2 fully saturated rings. The molecule has 0 aromatic rings. The van der Waals surface area contributed by atoms with Gasteiger partial charge >= 0.3 is 0 Å². The van der Waals surface area contributed by atoms with E-state index in [0.717, 1.165) is 19.3 Å². The lowest BCUT2D eigenvalue weighted by molar-refractivity contribution is -0.127. The summed E-state index contributed by atoms with van der Waals surface area (Å²) in [4.78, 5) is 14.4. The van der Waals surface area contributed by atoms with Crippen LogP contribution in [0, 0.1) is 0 Å². The maximum Gasteiger partial charge on any atom is 0.237 e. The fraction of sp³-hybridized carbons (Fsp3) is 0.938. The summed E-state index contributed by atoms with van der Waals surface area (Å²) < 4.78 is 26.0. The number of nitrogens with one attached hydrogen (secondary N) is 1. The molecule has 1 saturated carbocycles. The van der Waals surface area contributed by atoms with Crippen LogP contribution in [0.4, 0.5) is 0 Å². The lowest BCUT2D eigenvalue weighted by Gasteiger charge is -2.37. The quantitative estimate of drug-likeness (QED) is 0.752. The van der Waals surface area contributed by atoms with Crippen molar-refractivity contribution in [3.05, 3.63) is 0 Å². The summed E-state index contributed by atoms with van der Waals surface area (Å²) >= 11 is 0. The van der Waals surface area contributed by atoms with Crippen LogP contribution >= 0.6 is 0 Å². The third-order valence-corrected chi connectivity index (χ3v) is 7.01. The van der Waals surface area contributed by atoms with Gasteiger partial charge in [-0.15, -0.1) is 0 Å². The molecule has 1 N–H and O–H groups in total. The van der Waals surface area contributed by atoms with Crippen LogP contribution in [0.2, 0.25) is 0 Å². The average Bonchev–Trinajstić information content (AvgIpc) is 3.05. The molecule has 1 atom stereocenters. The molecular weight excluding hydrogens is 314 g/mol. The van der Waals surface area contributed by atoms with Gasteiger partial charge in [-0.1, -0.05) is 26.2 Å². The number of carbonyl (C=O) groups is 1. The Bertz CT molecular complexity index is 481. The van der Waals surface area contributed by atoms with Crippen LogP contribution in [0.25, 0.3) is 0 Å². The van der Waals surface area contributed by atoms with Gasteiger partial charge in [0.1, 0.15) is 0 Å². The molecule has 23 heavy (non-hydrogen) atoms. The first-order valence-corrected chi connectivity index (χ1v) is 10.6. The second kappa shape index (κ2) is 8.44. The molecule has 1 heterocycles. The van der Waals surface area contributed by atoms with E-state index in [9.17, 15) is 13.2 Å². The first-order chi connectivity index (χ1) is 10.9. The largest absolute Gasteiger partial charge is 0.352 e. The van der Waals surface area contributed by atoms with Crippen molar-refractivity contribution in [2.75, 3.05) is 31.9 Å². The standard InChI is InChI=1S/C16H31N3O3S/c1-3-4-13-23(21,22)19-11-9-18(10-12-19)14(2)16(20)17-15-7-5-6-8-15/h14-15H,3-13H2,1-2H3,(H,17,20)/t14-/m0/s1. The molecule has 6 nitrogen and oxygen atoms in total. The van der Waals surface area contributed by atoms with Gasteiger partial charge in [0.15, 0.2) is 0 Å². The fourth-order valence-electron chi connectivity index (χ4n) is 3.38. The predicted octanol–water partition coefficient (Wildman–Crippen LogP) is 1.18. The second-order valence-electron chi connectivity index (χ2n) is 6.77. The van der Waals surface area contributed by atoms with Gasteiger partial charge < -0.3 is 5.32 Å². The minimum Gasteiger partial charge on any atom is -0.352 e. The predicted molar refractivity (Wildman–Crippen MR) is 91.7 cm³/mol. The Morgan fingerprint density at radius 1 is 1.17 bits per heavy atom. The number of hydrogen-bond donors (Lipinski definition) is 1.